The van der Waals surface area contributed by atoms with E-state index in [1.165, 1.54) is 32.4 Å². The fourth-order valence-electron chi connectivity index (χ4n) is 3.52. The second-order valence-corrected chi connectivity index (χ2v) is 7.82. The normalized spacial score (nSPS) is 14.2. The molecule has 1 aliphatic heterocycles. The van der Waals surface area contributed by atoms with Gasteiger partial charge in [0.05, 0.1) is 0 Å². The Morgan fingerprint density at radius 1 is 0.793 bits per heavy atom. The van der Waals surface area contributed by atoms with Gasteiger partial charge in [0, 0.05) is 47.2 Å². The first-order chi connectivity index (χ1) is 14.3. The fourth-order valence-corrected chi connectivity index (χ4v) is 3.65. The van der Waals surface area contributed by atoms with Gasteiger partial charge in [-0.05, 0) is 67.7 Å². The van der Waals surface area contributed by atoms with E-state index >= 15 is 0 Å². The maximum absolute atomic E-state index is 5.95. The Bertz CT molecular complexity index is 977. The number of aromatic nitrogens is 2. The summed E-state index contributed by atoms with van der Waals surface area (Å²) in [6.07, 6.45) is 8.74. The average molecular weight is 402 g/mol. The van der Waals surface area contributed by atoms with Gasteiger partial charge in [-0.15, -0.1) is 0 Å². The zero-order valence-corrected chi connectivity index (χ0v) is 17.2. The predicted octanol–water partition coefficient (Wildman–Crippen LogP) is 5.23. The molecule has 1 aromatic carbocycles. The van der Waals surface area contributed by atoms with Gasteiger partial charge in [-0.3, -0.25) is 4.98 Å². The molecule has 0 bridgehead atoms. The Morgan fingerprint density at radius 2 is 1.59 bits per heavy atom. The molecule has 0 amide bonds. The van der Waals surface area contributed by atoms with Crippen molar-refractivity contribution in [2.45, 2.75) is 25.7 Å². The second kappa shape index (κ2) is 9.69. The van der Waals surface area contributed by atoms with Crippen LogP contribution in [0.15, 0.2) is 60.9 Å². The summed E-state index contributed by atoms with van der Waals surface area (Å²) in [7, 11) is 0. The Balaban J connectivity index is 1.35. The minimum Gasteiger partial charge on any atom is -0.303 e. The van der Waals surface area contributed by atoms with E-state index in [1.54, 1.807) is 0 Å². The minimum absolute atomic E-state index is 0.732. The Labute approximate surface area is 177 Å². The molecule has 3 nitrogen and oxygen atoms in total. The Hall–Kier alpha value is -2.67. The van der Waals surface area contributed by atoms with Crippen LogP contribution in [0, 0.1) is 11.8 Å². The van der Waals surface area contributed by atoms with Crippen molar-refractivity contribution in [2.75, 3.05) is 19.6 Å². The van der Waals surface area contributed by atoms with Crippen molar-refractivity contribution >= 4 is 11.6 Å². The number of hydrogen-bond donors (Lipinski definition) is 0. The highest BCUT2D eigenvalue weighted by Crippen LogP contribution is 2.20. The quantitative estimate of drug-likeness (QED) is 0.561. The first kappa shape index (κ1) is 19.6. The smallest absolute Gasteiger partial charge is 0.113 e. The van der Waals surface area contributed by atoms with Crippen molar-refractivity contribution in [3.05, 3.63) is 82.9 Å². The summed E-state index contributed by atoms with van der Waals surface area (Å²) in [6.45, 7) is 3.56. The monoisotopic (exact) mass is 401 g/mol. The molecular weight excluding hydrogens is 378 g/mol. The molecule has 0 aliphatic carbocycles. The van der Waals surface area contributed by atoms with E-state index in [9.17, 15) is 0 Å². The van der Waals surface area contributed by atoms with Crippen LogP contribution in [0.25, 0.3) is 11.1 Å². The summed E-state index contributed by atoms with van der Waals surface area (Å²) in [5.41, 5.74) is 4.93. The van der Waals surface area contributed by atoms with Crippen molar-refractivity contribution in [3.8, 4) is 23.0 Å². The highest BCUT2D eigenvalue weighted by Gasteiger charge is 2.09. The van der Waals surface area contributed by atoms with Crippen LogP contribution in [0.1, 0.15) is 36.2 Å². The van der Waals surface area contributed by atoms with Crippen LogP contribution in [0.5, 0.6) is 0 Å². The molecule has 29 heavy (non-hydrogen) atoms. The number of pyridine rings is 2. The van der Waals surface area contributed by atoms with Gasteiger partial charge >= 0.3 is 0 Å². The molecule has 0 unspecified atom stereocenters. The van der Waals surface area contributed by atoms with Crippen molar-refractivity contribution in [1.82, 2.24) is 14.9 Å². The molecule has 3 aromatic rings. The minimum atomic E-state index is 0.732. The van der Waals surface area contributed by atoms with Crippen molar-refractivity contribution < 1.29 is 0 Å². The molecule has 0 spiro atoms. The van der Waals surface area contributed by atoms with Crippen molar-refractivity contribution in [1.29, 1.82) is 0 Å². The SMILES string of the molecule is Clc1ccc(-c2ccc(C#Cc3ccc(CCN4CCCCC4)nc3)nc2)cc1. The Kier molecular flexibility index (Phi) is 6.56. The fraction of sp³-hybridized carbons (Fsp3) is 0.280. The van der Waals surface area contributed by atoms with E-state index in [-0.39, 0.29) is 0 Å². The van der Waals surface area contributed by atoms with Gasteiger partial charge in [-0.25, -0.2) is 4.98 Å². The van der Waals surface area contributed by atoms with Crippen LogP contribution >= 0.6 is 11.6 Å². The maximum atomic E-state index is 5.95. The number of nitrogens with zero attached hydrogens (tertiary/aromatic N) is 3. The molecule has 1 saturated heterocycles. The van der Waals surface area contributed by atoms with Crippen LogP contribution in [-0.4, -0.2) is 34.5 Å². The highest BCUT2D eigenvalue weighted by atomic mass is 35.5. The van der Waals surface area contributed by atoms with Gasteiger partial charge in [0.2, 0.25) is 0 Å². The van der Waals surface area contributed by atoms with Crippen LogP contribution < -0.4 is 0 Å². The summed E-state index contributed by atoms with van der Waals surface area (Å²) >= 11 is 5.95. The molecule has 4 rings (SSSR count). The number of rotatable bonds is 4. The molecule has 0 atom stereocenters. The van der Waals surface area contributed by atoms with E-state index in [1.807, 2.05) is 54.9 Å². The van der Waals surface area contributed by atoms with Crippen LogP contribution in [0.2, 0.25) is 5.02 Å². The van der Waals surface area contributed by atoms with E-state index in [4.69, 9.17) is 11.6 Å². The molecule has 0 saturated carbocycles. The van der Waals surface area contributed by atoms with Crippen molar-refractivity contribution in [2.24, 2.45) is 0 Å². The molecule has 0 radical (unpaired) electrons. The average Bonchev–Trinajstić information content (AvgIpc) is 2.79. The van der Waals surface area contributed by atoms with Crippen LogP contribution in [0.4, 0.5) is 0 Å². The number of benzene rings is 1. The first-order valence-electron chi connectivity index (χ1n) is 10.2. The molecular formula is C25H24ClN3. The van der Waals surface area contributed by atoms with E-state index in [0.29, 0.717) is 0 Å². The lowest BCUT2D eigenvalue weighted by atomic mass is 10.1. The Morgan fingerprint density at radius 3 is 2.28 bits per heavy atom. The van der Waals surface area contributed by atoms with E-state index in [0.717, 1.165) is 46.1 Å². The lowest BCUT2D eigenvalue weighted by Crippen LogP contribution is -2.31. The zero-order chi connectivity index (χ0) is 19.9. The summed E-state index contributed by atoms with van der Waals surface area (Å²) < 4.78 is 0. The number of likely N-dealkylation sites (tertiary alicyclic amines) is 1. The lowest BCUT2D eigenvalue weighted by Gasteiger charge is -2.26. The molecule has 146 valence electrons. The number of halogens is 1. The zero-order valence-electron chi connectivity index (χ0n) is 16.4. The molecule has 1 aliphatic rings. The van der Waals surface area contributed by atoms with Gasteiger partial charge in [0.15, 0.2) is 0 Å². The molecule has 2 aromatic heterocycles. The summed E-state index contributed by atoms with van der Waals surface area (Å²) in [6, 6.07) is 15.9. The van der Waals surface area contributed by atoms with Gasteiger partial charge in [0.25, 0.3) is 0 Å². The first-order valence-corrected chi connectivity index (χ1v) is 10.6. The standard InChI is InChI=1S/C25H24ClN3/c26-23-9-6-21(7-10-23)22-8-13-24(28-19-22)11-4-20-5-12-25(27-18-20)14-17-29-15-2-1-3-16-29/h5-10,12-13,18-19H,1-3,14-17H2. The number of piperidine rings is 1. The highest BCUT2D eigenvalue weighted by molar-refractivity contribution is 6.30. The second-order valence-electron chi connectivity index (χ2n) is 7.38. The van der Waals surface area contributed by atoms with Gasteiger partial charge < -0.3 is 4.90 Å². The van der Waals surface area contributed by atoms with Gasteiger partial charge in [0.1, 0.15) is 5.69 Å². The van der Waals surface area contributed by atoms with Gasteiger partial charge in [-0.2, -0.15) is 0 Å². The largest absolute Gasteiger partial charge is 0.303 e. The third kappa shape index (κ3) is 5.67. The summed E-state index contributed by atoms with van der Waals surface area (Å²) in [5, 5.41) is 0.732. The number of hydrogen-bond acceptors (Lipinski definition) is 3. The molecule has 3 heterocycles. The molecule has 1 fully saturated rings. The molecule has 0 N–H and O–H groups in total. The van der Waals surface area contributed by atoms with E-state index < -0.39 is 0 Å². The molecule has 4 heteroatoms. The van der Waals surface area contributed by atoms with Gasteiger partial charge in [-0.1, -0.05) is 42.1 Å². The van der Waals surface area contributed by atoms with Crippen molar-refractivity contribution in [3.63, 3.8) is 0 Å². The maximum Gasteiger partial charge on any atom is 0.113 e. The van der Waals surface area contributed by atoms with Crippen LogP contribution in [0.3, 0.4) is 0 Å². The lowest BCUT2D eigenvalue weighted by molar-refractivity contribution is 0.231. The predicted molar refractivity (Wildman–Crippen MR) is 119 cm³/mol. The third-order valence-electron chi connectivity index (χ3n) is 5.23. The third-order valence-corrected chi connectivity index (χ3v) is 5.49. The summed E-state index contributed by atoms with van der Waals surface area (Å²) in [4.78, 5) is 11.6. The van der Waals surface area contributed by atoms with E-state index in [2.05, 4.69) is 32.8 Å². The summed E-state index contributed by atoms with van der Waals surface area (Å²) in [5.74, 6) is 6.28. The van der Waals surface area contributed by atoms with Crippen LogP contribution in [-0.2, 0) is 6.42 Å². The topological polar surface area (TPSA) is 29.0 Å².